The maximum atomic E-state index is 12.1. The van der Waals surface area contributed by atoms with Crippen molar-refractivity contribution in [2.24, 2.45) is 0 Å². The van der Waals surface area contributed by atoms with Gasteiger partial charge in [-0.3, -0.25) is 4.79 Å². The Bertz CT molecular complexity index is 1660. The minimum atomic E-state index is -0.379. The van der Waals surface area contributed by atoms with Crippen molar-refractivity contribution in [1.29, 1.82) is 0 Å². The summed E-state index contributed by atoms with van der Waals surface area (Å²) in [5.74, 6) is 0.614. The van der Waals surface area contributed by atoms with E-state index in [4.69, 9.17) is 40.0 Å². The van der Waals surface area contributed by atoms with Gasteiger partial charge in [0.05, 0.1) is 78.2 Å². The number of unbranched alkanes of at least 4 members (excludes halogenated alkanes) is 2. The highest BCUT2D eigenvalue weighted by Crippen LogP contribution is 2.37. The van der Waals surface area contributed by atoms with Crippen molar-refractivity contribution >= 4 is 52.6 Å². The van der Waals surface area contributed by atoms with Crippen molar-refractivity contribution in [2.45, 2.75) is 68.7 Å². The Morgan fingerprint density at radius 3 is 2.25 bits per heavy atom. The summed E-state index contributed by atoms with van der Waals surface area (Å²) in [6.45, 7) is 7.43. The van der Waals surface area contributed by atoms with Gasteiger partial charge in [-0.2, -0.15) is 11.8 Å². The maximum absolute atomic E-state index is 12.1. The fourth-order valence-corrected chi connectivity index (χ4v) is 9.26. The van der Waals surface area contributed by atoms with Gasteiger partial charge < -0.3 is 54.2 Å². The van der Waals surface area contributed by atoms with Crippen molar-refractivity contribution in [3.05, 3.63) is 70.8 Å². The molecule has 14 nitrogen and oxygen atoms in total. The van der Waals surface area contributed by atoms with E-state index in [-0.39, 0.29) is 36.6 Å². The molecule has 16 heteroatoms. The summed E-state index contributed by atoms with van der Waals surface area (Å²) in [7, 11) is 2.06. The second-order valence-electron chi connectivity index (χ2n) is 15.4. The first-order valence-corrected chi connectivity index (χ1v) is 23.3. The Kier molecular flexibility index (Phi) is 22.6. The van der Waals surface area contributed by atoms with Crippen LogP contribution in [0.15, 0.2) is 54.6 Å². The third kappa shape index (κ3) is 18.1. The number of hydrogen-bond donors (Lipinski definition) is 3. The van der Waals surface area contributed by atoms with Gasteiger partial charge in [0.2, 0.25) is 5.91 Å². The molecule has 2 fully saturated rings. The van der Waals surface area contributed by atoms with Crippen LogP contribution in [0.4, 0.5) is 16.2 Å². The minimum Gasteiger partial charge on any atom is -0.460 e. The number of urea groups is 1. The molecule has 0 unspecified atom stereocenters. The summed E-state index contributed by atoms with van der Waals surface area (Å²) in [4.78, 5) is 40.3. The topological polar surface area (TPSA) is 149 Å². The highest BCUT2D eigenvalue weighted by atomic mass is 35.5. The second kappa shape index (κ2) is 28.3. The first kappa shape index (κ1) is 48.6. The number of hydrogen-bond acceptors (Lipinski definition) is 12. The maximum Gasteiger partial charge on any atom is 0.330 e. The number of benzene rings is 2. The predicted molar refractivity (Wildman–Crippen MR) is 240 cm³/mol. The van der Waals surface area contributed by atoms with Crippen LogP contribution in [0.25, 0.3) is 0 Å². The summed E-state index contributed by atoms with van der Waals surface area (Å²) in [6.07, 6.45) is 10.7. The molecule has 3 heterocycles. The van der Waals surface area contributed by atoms with Gasteiger partial charge in [0.15, 0.2) is 0 Å². The summed E-state index contributed by atoms with van der Waals surface area (Å²) in [6, 6.07) is 15.3. The lowest BCUT2D eigenvalue weighted by atomic mass is 10.0. The SMILES string of the molecule is CN(C/C=C/C(=O)OCCOCCOCCOCCOCCOCCNC(=O)CCCC[C@@H]1SC[C@@H]2NC(=O)N[C@@H]21)CCCCN1c2ccccc2CCc2ccc(Cl)cc21. The second-order valence-corrected chi connectivity index (χ2v) is 17.1. The molecule has 0 saturated carbocycles. The number of thioether (sulfide) groups is 1. The number of halogens is 1. The lowest BCUT2D eigenvalue weighted by Crippen LogP contribution is -2.36. The third-order valence-electron chi connectivity index (χ3n) is 10.7. The van der Waals surface area contributed by atoms with Crippen molar-refractivity contribution in [1.82, 2.24) is 20.9 Å². The van der Waals surface area contributed by atoms with Gasteiger partial charge in [0, 0.05) is 59.5 Å². The highest BCUT2D eigenvalue weighted by molar-refractivity contribution is 8.00. The highest BCUT2D eigenvalue weighted by Gasteiger charge is 2.42. The van der Waals surface area contributed by atoms with Crippen LogP contribution in [0.5, 0.6) is 0 Å². The van der Waals surface area contributed by atoms with Crippen LogP contribution in [-0.2, 0) is 50.9 Å². The van der Waals surface area contributed by atoms with E-state index in [1.807, 2.05) is 23.9 Å². The summed E-state index contributed by atoms with van der Waals surface area (Å²) in [5, 5.41) is 10.0. The zero-order valence-corrected chi connectivity index (χ0v) is 37.3. The largest absolute Gasteiger partial charge is 0.460 e. The number of amides is 3. The molecule has 5 rings (SSSR count). The van der Waals surface area contributed by atoms with Crippen molar-refractivity contribution < 1.29 is 42.8 Å². The van der Waals surface area contributed by atoms with Crippen molar-refractivity contribution in [3.63, 3.8) is 0 Å². The van der Waals surface area contributed by atoms with Gasteiger partial charge in [-0.1, -0.05) is 48.4 Å². The van der Waals surface area contributed by atoms with Crippen LogP contribution in [0.3, 0.4) is 0 Å². The molecule has 61 heavy (non-hydrogen) atoms. The van der Waals surface area contributed by atoms with Crippen LogP contribution in [-0.4, -0.2) is 152 Å². The Balaban J connectivity index is 0.740. The molecule has 2 aromatic rings. The molecule has 0 aliphatic carbocycles. The molecule has 0 bridgehead atoms. The Hall–Kier alpha value is -3.41. The average Bonchev–Trinajstić information content (AvgIpc) is 3.77. The van der Waals surface area contributed by atoms with Crippen LogP contribution >= 0.6 is 23.4 Å². The molecule has 3 amide bonds. The van der Waals surface area contributed by atoms with E-state index >= 15 is 0 Å². The van der Waals surface area contributed by atoms with E-state index < -0.39 is 0 Å². The lowest BCUT2D eigenvalue weighted by molar-refractivity contribution is -0.139. The number of nitrogens with one attached hydrogen (secondary N) is 3. The van der Waals surface area contributed by atoms with Gasteiger partial charge in [-0.05, 0) is 81.4 Å². The molecule has 2 saturated heterocycles. The van der Waals surface area contributed by atoms with Crippen molar-refractivity contribution in [3.8, 4) is 0 Å². The number of esters is 1. The Morgan fingerprint density at radius 2 is 1.51 bits per heavy atom. The quantitative estimate of drug-likeness (QED) is 0.0390. The Labute approximate surface area is 371 Å². The normalized spacial score (nSPS) is 18.1. The number of aryl methyl sites for hydroxylation is 2. The van der Waals surface area contributed by atoms with E-state index in [1.54, 1.807) is 0 Å². The van der Waals surface area contributed by atoms with E-state index in [0.29, 0.717) is 90.8 Å². The number of para-hydroxylation sites is 1. The standard InChI is InChI=1S/C45H66ClN5O9S/c1-50(19-6-7-21-51-39-10-3-2-9-35(39)14-15-36-16-17-37(46)33-40(36)51)20-8-13-43(53)60-32-31-59-30-29-58-28-27-57-26-25-56-24-23-55-22-18-47-42(52)12-5-4-11-41-44-38(34-61-41)48-45(54)49-44/h2-3,8-10,13,16-17,33,38,41,44H,4-7,11-12,14-15,18-32,34H2,1H3,(H,47,52)(H2,48,49,54)/b13-8+/t38-,41-,44-/m0/s1. The predicted octanol–water partition coefficient (Wildman–Crippen LogP) is 5.31. The molecule has 2 aromatic carbocycles. The average molecular weight is 889 g/mol. The van der Waals surface area contributed by atoms with E-state index in [1.165, 1.54) is 28.6 Å². The van der Waals surface area contributed by atoms with Gasteiger partial charge >= 0.3 is 12.0 Å². The zero-order valence-electron chi connectivity index (χ0n) is 35.8. The van der Waals surface area contributed by atoms with E-state index in [2.05, 4.69) is 69.2 Å². The lowest BCUT2D eigenvalue weighted by Gasteiger charge is -2.27. The summed E-state index contributed by atoms with van der Waals surface area (Å²) in [5.41, 5.74) is 5.18. The fourth-order valence-electron chi connectivity index (χ4n) is 7.55. The summed E-state index contributed by atoms with van der Waals surface area (Å²) < 4.78 is 32.8. The number of ether oxygens (including phenoxy) is 6. The molecule has 3 atom stereocenters. The van der Waals surface area contributed by atoms with E-state index in [9.17, 15) is 14.4 Å². The molecule has 3 aliphatic heterocycles. The van der Waals surface area contributed by atoms with Gasteiger partial charge in [0.25, 0.3) is 0 Å². The third-order valence-corrected chi connectivity index (χ3v) is 12.5. The van der Waals surface area contributed by atoms with Crippen LogP contribution < -0.4 is 20.9 Å². The fraction of sp³-hybridized carbons (Fsp3) is 0.622. The summed E-state index contributed by atoms with van der Waals surface area (Å²) >= 11 is 8.31. The van der Waals surface area contributed by atoms with Crippen LogP contribution in [0.2, 0.25) is 5.02 Å². The molecule has 0 radical (unpaired) electrons. The number of carbonyl (C=O) groups excluding carboxylic acids is 3. The molecular formula is C45H66ClN5O9S. The van der Waals surface area contributed by atoms with Crippen LogP contribution in [0, 0.1) is 0 Å². The first-order valence-electron chi connectivity index (χ1n) is 21.9. The molecule has 338 valence electrons. The number of nitrogens with zero attached hydrogens (tertiary/aromatic N) is 2. The molecule has 3 N–H and O–H groups in total. The number of likely N-dealkylation sites (N-methyl/N-ethyl adjacent to an activating group) is 1. The van der Waals surface area contributed by atoms with Crippen molar-refractivity contribution in [2.75, 3.05) is 117 Å². The molecule has 0 aromatic heterocycles. The number of anilines is 2. The monoisotopic (exact) mass is 887 g/mol. The number of carbonyl (C=O) groups is 3. The first-order chi connectivity index (χ1) is 29.9. The van der Waals surface area contributed by atoms with Gasteiger partial charge in [-0.15, -0.1) is 0 Å². The molecule has 0 spiro atoms. The van der Waals surface area contributed by atoms with Crippen LogP contribution in [0.1, 0.15) is 49.7 Å². The number of rotatable bonds is 31. The zero-order chi connectivity index (χ0) is 42.9. The smallest absolute Gasteiger partial charge is 0.330 e. The van der Waals surface area contributed by atoms with Gasteiger partial charge in [-0.25, -0.2) is 9.59 Å². The Morgan fingerprint density at radius 1 is 0.836 bits per heavy atom. The van der Waals surface area contributed by atoms with E-state index in [0.717, 1.165) is 68.8 Å². The number of fused-ring (bicyclic) bond motifs is 3. The molecular weight excluding hydrogens is 822 g/mol. The molecule has 3 aliphatic rings. The van der Waals surface area contributed by atoms with Gasteiger partial charge in [0.1, 0.15) is 6.61 Å². The minimum absolute atomic E-state index is 0.0374.